The molecular weight excluding hydrogens is 650 g/mol. The number of hydrogen-bond acceptors (Lipinski definition) is 2. The van der Waals surface area contributed by atoms with E-state index in [1.165, 1.54) is 33.4 Å². The van der Waals surface area contributed by atoms with E-state index < -0.39 is 0 Å². The average Bonchev–Trinajstić information content (AvgIpc) is 3.51. The van der Waals surface area contributed by atoms with Gasteiger partial charge in [-0.25, -0.2) is 0 Å². The van der Waals surface area contributed by atoms with Crippen LogP contribution in [0.4, 0.5) is 17.1 Å². The van der Waals surface area contributed by atoms with E-state index in [1.54, 1.807) is 0 Å². The summed E-state index contributed by atoms with van der Waals surface area (Å²) in [5, 5.41) is 2.26. The van der Waals surface area contributed by atoms with Gasteiger partial charge in [0.1, 0.15) is 11.2 Å². The zero-order chi connectivity index (χ0) is 33.4. The summed E-state index contributed by atoms with van der Waals surface area (Å²) in [4.78, 5) is 2.32. The molecule has 8 rings (SSSR count). The topological polar surface area (TPSA) is 16.4 Å². The fourth-order valence-electron chi connectivity index (χ4n) is 7.81. The molecule has 0 spiro atoms. The third kappa shape index (κ3) is 4.58. The van der Waals surface area contributed by atoms with E-state index in [0.717, 1.165) is 43.5 Å². The lowest BCUT2D eigenvalue weighted by Gasteiger charge is -2.44. The lowest BCUT2D eigenvalue weighted by atomic mass is 9.59. The first-order valence-electron chi connectivity index (χ1n) is 16.8. The quantitative estimate of drug-likeness (QED) is 0.179. The second-order valence-corrected chi connectivity index (χ2v) is 15.7. The van der Waals surface area contributed by atoms with Crippen LogP contribution in [0.15, 0.2) is 142 Å². The molecule has 0 fully saturated rings. The molecule has 7 aromatic rings. The van der Waals surface area contributed by atoms with Crippen molar-refractivity contribution in [2.24, 2.45) is 5.41 Å². The fourth-order valence-corrected chi connectivity index (χ4v) is 8.38. The van der Waals surface area contributed by atoms with Crippen molar-refractivity contribution in [3.8, 4) is 22.3 Å². The van der Waals surface area contributed by atoms with Crippen molar-refractivity contribution in [2.45, 2.75) is 52.4 Å². The van der Waals surface area contributed by atoms with Crippen LogP contribution in [0.3, 0.4) is 0 Å². The Morgan fingerprint density at radius 2 is 1.00 bits per heavy atom. The van der Waals surface area contributed by atoms with Crippen molar-refractivity contribution >= 4 is 54.9 Å². The highest BCUT2D eigenvalue weighted by Crippen LogP contribution is 2.62. The number of nitrogens with zero attached hydrogens (tertiary/aromatic N) is 1. The molecule has 0 amide bonds. The van der Waals surface area contributed by atoms with Gasteiger partial charge < -0.3 is 9.32 Å². The highest BCUT2D eigenvalue weighted by Gasteiger charge is 2.56. The van der Waals surface area contributed by atoms with Crippen LogP contribution in [0.25, 0.3) is 44.2 Å². The SMILES string of the molecule is CC1(C)c2cc(Br)c(-c3ccc(N(c4ccc(-c5ccccc5)cc4)c4ccc5c(c4)oc4ccccc45)cc3)cc2C(C)(C)C1(C)C. The van der Waals surface area contributed by atoms with E-state index in [-0.39, 0.29) is 16.2 Å². The molecule has 0 saturated heterocycles. The van der Waals surface area contributed by atoms with E-state index in [2.05, 4.69) is 184 Å². The zero-order valence-electron chi connectivity index (χ0n) is 28.4. The first-order chi connectivity index (χ1) is 23.0. The maximum Gasteiger partial charge on any atom is 0.137 e. The molecule has 0 bridgehead atoms. The molecule has 2 nitrogen and oxygen atoms in total. The number of fused-ring (bicyclic) bond motifs is 4. The molecule has 0 atom stereocenters. The molecular formula is C45H40BrNO. The second kappa shape index (κ2) is 11.0. The van der Waals surface area contributed by atoms with Gasteiger partial charge in [-0.3, -0.25) is 0 Å². The van der Waals surface area contributed by atoms with Crippen LogP contribution >= 0.6 is 15.9 Å². The predicted molar refractivity (Wildman–Crippen MR) is 207 cm³/mol. The van der Waals surface area contributed by atoms with Crippen LogP contribution in [0.2, 0.25) is 0 Å². The summed E-state index contributed by atoms with van der Waals surface area (Å²) in [6.45, 7) is 14.4. The highest BCUT2D eigenvalue weighted by molar-refractivity contribution is 9.10. The molecule has 0 saturated carbocycles. The normalized spacial score (nSPS) is 15.9. The number of furan rings is 1. The lowest BCUT2D eigenvalue weighted by molar-refractivity contribution is 0.125. The van der Waals surface area contributed by atoms with Gasteiger partial charge in [0.05, 0.1) is 0 Å². The van der Waals surface area contributed by atoms with Crippen molar-refractivity contribution in [1.82, 2.24) is 0 Å². The van der Waals surface area contributed by atoms with Crippen molar-refractivity contribution in [2.75, 3.05) is 4.90 Å². The zero-order valence-corrected chi connectivity index (χ0v) is 30.0. The largest absolute Gasteiger partial charge is 0.456 e. The van der Waals surface area contributed by atoms with E-state index >= 15 is 0 Å². The second-order valence-electron chi connectivity index (χ2n) is 14.8. The van der Waals surface area contributed by atoms with Crippen molar-refractivity contribution in [3.63, 3.8) is 0 Å². The molecule has 1 aliphatic carbocycles. The van der Waals surface area contributed by atoms with E-state index in [1.807, 2.05) is 12.1 Å². The number of para-hydroxylation sites is 1. The Labute approximate surface area is 292 Å². The smallest absolute Gasteiger partial charge is 0.137 e. The van der Waals surface area contributed by atoms with Gasteiger partial charge in [-0.15, -0.1) is 0 Å². The number of benzene rings is 6. The molecule has 1 aromatic heterocycles. The molecule has 238 valence electrons. The Bertz CT molecular complexity index is 2310. The van der Waals surface area contributed by atoms with Gasteiger partial charge in [0.25, 0.3) is 0 Å². The minimum absolute atomic E-state index is 0.0409. The van der Waals surface area contributed by atoms with E-state index in [4.69, 9.17) is 4.42 Å². The Morgan fingerprint density at radius 1 is 0.479 bits per heavy atom. The van der Waals surface area contributed by atoms with Crippen molar-refractivity contribution < 1.29 is 4.42 Å². The Kier molecular flexibility index (Phi) is 7.02. The summed E-state index contributed by atoms with van der Waals surface area (Å²) in [7, 11) is 0. The van der Waals surface area contributed by atoms with Crippen LogP contribution in [-0.2, 0) is 10.8 Å². The number of anilines is 3. The molecule has 0 unspecified atom stereocenters. The fraction of sp³-hybridized carbons (Fsp3) is 0.200. The first-order valence-corrected chi connectivity index (χ1v) is 17.6. The Morgan fingerprint density at radius 3 is 1.67 bits per heavy atom. The summed E-state index contributed by atoms with van der Waals surface area (Å²) >= 11 is 3.98. The summed E-state index contributed by atoms with van der Waals surface area (Å²) in [6, 6.07) is 48.0. The van der Waals surface area contributed by atoms with Gasteiger partial charge in [-0.05, 0) is 104 Å². The summed E-state index contributed by atoms with van der Waals surface area (Å²) in [6.07, 6.45) is 0. The van der Waals surface area contributed by atoms with E-state index in [0.29, 0.717) is 0 Å². The summed E-state index contributed by atoms with van der Waals surface area (Å²) in [5.41, 5.74) is 12.9. The molecule has 0 radical (unpaired) electrons. The number of rotatable bonds is 5. The molecule has 48 heavy (non-hydrogen) atoms. The molecule has 1 aliphatic rings. The predicted octanol–water partition coefficient (Wildman–Crippen LogP) is 13.7. The standard InChI is InChI=1S/C45H40BrNO/c1-43(2)38-27-37(40(46)28-39(38)44(3,4)45(43,5)6)31-18-22-33(23-19-31)47(32-20-16-30(17-21-32)29-12-8-7-9-13-29)34-24-25-36-35-14-10-11-15-41(35)48-42(36)26-34/h7-28H,1-6H3. The van der Waals surface area contributed by atoms with Gasteiger partial charge in [0.15, 0.2) is 0 Å². The minimum atomic E-state index is 0.0409. The Hall–Kier alpha value is -4.60. The average molecular weight is 691 g/mol. The number of hydrogen-bond donors (Lipinski definition) is 0. The summed E-state index contributed by atoms with van der Waals surface area (Å²) in [5.74, 6) is 0. The van der Waals surface area contributed by atoms with Crippen LogP contribution in [0.5, 0.6) is 0 Å². The monoisotopic (exact) mass is 689 g/mol. The number of halogens is 1. The van der Waals surface area contributed by atoms with Crippen LogP contribution < -0.4 is 4.90 Å². The third-order valence-corrected chi connectivity index (χ3v) is 12.5. The van der Waals surface area contributed by atoms with Crippen LogP contribution in [0.1, 0.15) is 52.7 Å². The molecule has 0 N–H and O–H groups in total. The minimum Gasteiger partial charge on any atom is -0.456 e. The molecule has 3 heteroatoms. The van der Waals surface area contributed by atoms with Gasteiger partial charge in [0, 0.05) is 38.4 Å². The van der Waals surface area contributed by atoms with Gasteiger partial charge in [-0.2, -0.15) is 0 Å². The Balaban J connectivity index is 1.22. The van der Waals surface area contributed by atoms with Gasteiger partial charge in [0.2, 0.25) is 0 Å². The van der Waals surface area contributed by atoms with Gasteiger partial charge >= 0.3 is 0 Å². The molecule has 0 aliphatic heterocycles. The molecule has 1 heterocycles. The van der Waals surface area contributed by atoms with Gasteiger partial charge in [-0.1, -0.05) is 130 Å². The first kappa shape index (κ1) is 30.7. The van der Waals surface area contributed by atoms with E-state index in [9.17, 15) is 0 Å². The van der Waals surface area contributed by atoms with Crippen LogP contribution in [0, 0.1) is 5.41 Å². The summed E-state index contributed by atoms with van der Waals surface area (Å²) < 4.78 is 7.47. The van der Waals surface area contributed by atoms with Crippen molar-refractivity contribution in [1.29, 1.82) is 0 Å². The molecule has 6 aromatic carbocycles. The maximum atomic E-state index is 6.33. The maximum absolute atomic E-state index is 6.33. The van der Waals surface area contributed by atoms with Crippen LogP contribution in [-0.4, -0.2) is 0 Å². The lowest BCUT2D eigenvalue weighted by Crippen LogP contribution is -2.42. The third-order valence-electron chi connectivity index (χ3n) is 11.9. The van der Waals surface area contributed by atoms with Crippen molar-refractivity contribution in [3.05, 3.63) is 149 Å². The highest BCUT2D eigenvalue weighted by atomic mass is 79.9.